The van der Waals surface area contributed by atoms with Crippen LogP contribution in [-0.4, -0.2) is 12.8 Å². The van der Waals surface area contributed by atoms with Gasteiger partial charge in [0.2, 0.25) is 0 Å². The van der Waals surface area contributed by atoms with Crippen LogP contribution in [0.15, 0.2) is 42.5 Å². The fourth-order valence-electron chi connectivity index (χ4n) is 3.37. The van der Waals surface area contributed by atoms with Gasteiger partial charge in [-0.2, -0.15) is 0 Å². The van der Waals surface area contributed by atoms with Crippen LogP contribution in [0.1, 0.15) is 38.3 Å². The van der Waals surface area contributed by atoms with Gasteiger partial charge in [0.25, 0.3) is 0 Å². The lowest BCUT2D eigenvalue weighted by atomic mass is 9.92. The Morgan fingerprint density at radius 1 is 0.960 bits per heavy atom. The standard InChI is InChI=1S/C22H24O3/c1-4-13-24-22(23)25-21-19-10-8-7-9-16(19)14-17-12-11-15(5-2)18(6-3)20(17)21/h7-12,14H,4-6,13H2,1-3H3. The summed E-state index contributed by atoms with van der Waals surface area (Å²) in [5.74, 6) is 0.612. The second-order valence-corrected chi connectivity index (χ2v) is 6.14. The van der Waals surface area contributed by atoms with Gasteiger partial charge in [-0.1, -0.05) is 57.2 Å². The summed E-state index contributed by atoms with van der Waals surface area (Å²) in [6, 6.07) is 14.4. The van der Waals surface area contributed by atoms with E-state index in [1.165, 1.54) is 11.1 Å². The Balaban J connectivity index is 2.28. The van der Waals surface area contributed by atoms with Crippen LogP contribution in [0.4, 0.5) is 4.79 Å². The van der Waals surface area contributed by atoms with Crippen molar-refractivity contribution in [3.8, 4) is 5.75 Å². The number of hydrogen-bond donors (Lipinski definition) is 0. The predicted molar refractivity (Wildman–Crippen MR) is 102 cm³/mol. The Kier molecular flexibility index (Phi) is 5.22. The summed E-state index contributed by atoms with van der Waals surface area (Å²) in [5.41, 5.74) is 2.53. The third-order valence-corrected chi connectivity index (χ3v) is 4.53. The average Bonchev–Trinajstić information content (AvgIpc) is 2.65. The summed E-state index contributed by atoms with van der Waals surface area (Å²) >= 11 is 0. The van der Waals surface area contributed by atoms with E-state index in [2.05, 4.69) is 32.0 Å². The first-order valence-corrected chi connectivity index (χ1v) is 9.00. The van der Waals surface area contributed by atoms with E-state index in [-0.39, 0.29) is 0 Å². The maximum atomic E-state index is 12.2. The quantitative estimate of drug-likeness (QED) is 0.323. The molecule has 3 aromatic carbocycles. The highest BCUT2D eigenvalue weighted by Crippen LogP contribution is 2.38. The van der Waals surface area contributed by atoms with Crippen molar-refractivity contribution < 1.29 is 14.3 Å². The van der Waals surface area contributed by atoms with Gasteiger partial charge in [0.1, 0.15) is 5.75 Å². The minimum Gasteiger partial charge on any atom is -0.434 e. The van der Waals surface area contributed by atoms with Gasteiger partial charge in [-0.25, -0.2) is 4.79 Å². The molecule has 0 aliphatic carbocycles. The fourth-order valence-corrected chi connectivity index (χ4v) is 3.37. The fraction of sp³-hybridized carbons (Fsp3) is 0.318. The van der Waals surface area contributed by atoms with Gasteiger partial charge in [0.05, 0.1) is 6.61 Å². The Labute approximate surface area is 148 Å². The highest BCUT2D eigenvalue weighted by molar-refractivity contribution is 6.07. The molecule has 0 radical (unpaired) electrons. The van der Waals surface area contributed by atoms with Gasteiger partial charge in [-0.05, 0) is 47.2 Å². The summed E-state index contributed by atoms with van der Waals surface area (Å²) in [6.07, 6.45) is 1.97. The molecule has 0 amide bonds. The number of benzene rings is 3. The third-order valence-electron chi connectivity index (χ3n) is 4.53. The molecular weight excluding hydrogens is 312 g/mol. The largest absolute Gasteiger partial charge is 0.513 e. The van der Waals surface area contributed by atoms with Gasteiger partial charge in [0.15, 0.2) is 0 Å². The van der Waals surface area contributed by atoms with Crippen molar-refractivity contribution >= 4 is 27.7 Å². The summed E-state index contributed by atoms with van der Waals surface area (Å²) in [6.45, 7) is 6.62. The monoisotopic (exact) mass is 336 g/mol. The Morgan fingerprint density at radius 2 is 1.76 bits per heavy atom. The second-order valence-electron chi connectivity index (χ2n) is 6.14. The molecule has 25 heavy (non-hydrogen) atoms. The minimum atomic E-state index is -0.636. The van der Waals surface area contributed by atoms with Crippen LogP contribution < -0.4 is 4.74 Å². The zero-order chi connectivity index (χ0) is 17.8. The molecule has 0 saturated heterocycles. The van der Waals surface area contributed by atoms with Crippen molar-refractivity contribution in [3.63, 3.8) is 0 Å². The van der Waals surface area contributed by atoms with E-state index in [1.54, 1.807) is 0 Å². The lowest BCUT2D eigenvalue weighted by Crippen LogP contribution is -2.12. The molecule has 0 aromatic heterocycles. The van der Waals surface area contributed by atoms with Crippen molar-refractivity contribution in [2.24, 2.45) is 0 Å². The highest BCUT2D eigenvalue weighted by Gasteiger charge is 2.17. The number of rotatable bonds is 5. The van der Waals surface area contributed by atoms with Crippen LogP contribution >= 0.6 is 0 Å². The molecule has 3 aromatic rings. The molecule has 130 valence electrons. The summed E-state index contributed by atoms with van der Waals surface area (Å²) < 4.78 is 10.9. The first-order valence-electron chi connectivity index (χ1n) is 9.00. The first kappa shape index (κ1) is 17.3. The molecule has 0 atom stereocenters. The molecule has 3 rings (SSSR count). The molecule has 0 aliphatic rings. The molecule has 0 saturated carbocycles. The average molecular weight is 336 g/mol. The number of hydrogen-bond acceptors (Lipinski definition) is 3. The second kappa shape index (κ2) is 7.56. The SMILES string of the molecule is CCCOC(=O)Oc1c2ccccc2cc2ccc(CC)c(CC)c12. The van der Waals surface area contributed by atoms with E-state index < -0.39 is 6.16 Å². The zero-order valence-corrected chi connectivity index (χ0v) is 15.1. The maximum absolute atomic E-state index is 12.2. The number of carbonyl (C=O) groups excluding carboxylic acids is 1. The smallest absolute Gasteiger partial charge is 0.434 e. The summed E-state index contributed by atoms with van der Waals surface area (Å²) in [4.78, 5) is 12.2. The maximum Gasteiger partial charge on any atom is 0.513 e. The lowest BCUT2D eigenvalue weighted by Gasteiger charge is -2.16. The molecule has 0 unspecified atom stereocenters. The predicted octanol–water partition coefficient (Wildman–Crippen LogP) is 6.04. The van der Waals surface area contributed by atoms with Crippen LogP contribution in [0.2, 0.25) is 0 Å². The lowest BCUT2D eigenvalue weighted by molar-refractivity contribution is 0.100. The Hall–Kier alpha value is -2.55. The topological polar surface area (TPSA) is 35.5 Å². The molecule has 0 bridgehead atoms. The van der Waals surface area contributed by atoms with Gasteiger partial charge in [-0.3, -0.25) is 0 Å². The van der Waals surface area contributed by atoms with Gasteiger partial charge < -0.3 is 9.47 Å². The molecule has 0 N–H and O–H groups in total. The van der Waals surface area contributed by atoms with Crippen LogP contribution in [0.3, 0.4) is 0 Å². The third kappa shape index (κ3) is 3.32. The molecule has 0 aliphatic heterocycles. The first-order chi connectivity index (χ1) is 12.2. The van der Waals surface area contributed by atoms with Crippen molar-refractivity contribution in [2.45, 2.75) is 40.0 Å². The van der Waals surface area contributed by atoms with Crippen molar-refractivity contribution in [1.82, 2.24) is 0 Å². The number of aryl methyl sites for hydroxylation is 2. The minimum absolute atomic E-state index is 0.363. The zero-order valence-electron chi connectivity index (χ0n) is 15.1. The van der Waals surface area contributed by atoms with Crippen LogP contribution in [0.25, 0.3) is 21.5 Å². The Morgan fingerprint density at radius 3 is 2.48 bits per heavy atom. The van der Waals surface area contributed by atoms with Gasteiger partial charge in [0, 0.05) is 10.8 Å². The van der Waals surface area contributed by atoms with Crippen molar-refractivity contribution in [3.05, 3.63) is 53.6 Å². The summed E-state index contributed by atoms with van der Waals surface area (Å²) in [5, 5.41) is 4.10. The van der Waals surface area contributed by atoms with Gasteiger partial charge in [-0.15, -0.1) is 0 Å². The van der Waals surface area contributed by atoms with E-state index in [0.717, 1.165) is 40.8 Å². The van der Waals surface area contributed by atoms with E-state index in [0.29, 0.717) is 12.4 Å². The Bertz CT molecular complexity index is 912. The molecule has 0 spiro atoms. The van der Waals surface area contributed by atoms with E-state index in [4.69, 9.17) is 9.47 Å². The number of ether oxygens (including phenoxy) is 2. The molecule has 3 nitrogen and oxygen atoms in total. The van der Waals surface area contributed by atoms with Crippen molar-refractivity contribution in [1.29, 1.82) is 0 Å². The van der Waals surface area contributed by atoms with Gasteiger partial charge >= 0.3 is 6.16 Å². The van der Waals surface area contributed by atoms with Crippen LogP contribution in [0, 0.1) is 0 Å². The molecule has 3 heteroatoms. The van der Waals surface area contributed by atoms with Crippen LogP contribution in [-0.2, 0) is 17.6 Å². The summed E-state index contributed by atoms with van der Waals surface area (Å²) in [7, 11) is 0. The number of fused-ring (bicyclic) bond motifs is 2. The van der Waals surface area contributed by atoms with E-state index in [1.807, 2.05) is 31.2 Å². The van der Waals surface area contributed by atoms with E-state index in [9.17, 15) is 4.79 Å². The van der Waals surface area contributed by atoms with E-state index >= 15 is 0 Å². The van der Waals surface area contributed by atoms with Crippen molar-refractivity contribution in [2.75, 3.05) is 6.61 Å². The number of carbonyl (C=O) groups is 1. The molecule has 0 fully saturated rings. The normalized spacial score (nSPS) is 11.0. The van der Waals surface area contributed by atoms with Crippen LogP contribution in [0.5, 0.6) is 5.75 Å². The highest BCUT2D eigenvalue weighted by atomic mass is 16.7. The molecular formula is C22H24O3. The molecule has 0 heterocycles.